The van der Waals surface area contributed by atoms with Crippen molar-refractivity contribution in [1.29, 1.82) is 0 Å². The lowest BCUT2D eigenvalue weighted by Crippen LogP contribution is -2.72. The lowest BCUT2D eigenvalue weighted by atomic mass is 9.46. The predicted octanol–water partition coefficient (Wildman–Crippen LogP) is 4.43. The lowest BCUT2D eigenvalue weighted by Gasteiger charge is -2.61. The number of rotatable bonds is 5. The molecule has 0 saturated heterocycles. The van der Waals surface area contributed by atoms with Crippen LogP contribution in [0.3, 0.4) is 0 Å². The highest BCUT2D eigenvalue weighted by atomic mass is 19.1. The molecule has 2 saturated carbocycles. The summed E-state index contributed by atoms with van der Waals surface area (Å²) in [5, 5.41) is 0. The second-order valence-electron chi connectivity index (χ2n) is 10.2. The first kappa shape index (κ1) is 25.2. The maximum atomic E-state index is 13.5. The number of ether oxygens (including phenoxy) is 1. The molecule has 0 radical (unpaired) electrons. The van der Waals surface area contributed by atoms with Gasteiger partial charge in [0.1, 0.15) is 11.4 Å². The molecule has 0 spiro atoms. The topological polar surface area (TPSA) is 104 Å². The summed E-state index contributed by atoms with van der Waals surface area (Å²) in [6, 6.07) is 6.46. The van der Waals surface area contributed by atoms with Gasteiger partial charge in [0.05, 0.1) is 7.11 Å². The van der Waals surface area contributed by atoms with Crippen molar-refractivity contribution in [1.82, 2.24) is 0 Å². The average molecular weight is 456 g/mol. The first-order valence-corrected chi connectivity index (χ1v) is 11.7. The van der Waals surface area contributed by atoms with E-state index in [2.05, 4.69) is 13.0 Å². The fraction of sp³-hybridized carbons (Fsp3) is 0.519. The predicted molar refractivity (Wildman–Crippen MR) is 131 cm³/mol. The van der Waals surface area contributed by atoms with Crippen molar-refractivity contribution in [3.8, 4) is 0 Å². The molecule has 5 nitrogen and oxygen atoms in total. The zero-order valence-corrected chi connectivity index (χ0v) is 20.2. The maximum absolute atomic E-state index is 13.5. The van der Waals surface area contributed by atoms with Crippen LogP contribution < -0.4 is 17.2 Å². The van der Waals surface area contributed by atoms with Gasteiger partial charge in [-0.2, -0.15) is 0 Å². The van der Waals surface area contributed by atoms with Gasteiger partial charge >= 0.3 is 5.97 Å². The summed E-state index contributed by atoms with van der Waals surface area (Å²) in [4.78, 5) is 12.8. The number of carbonyl (C=O) groups excluding carboxylic acids is 1. The second kappa shape index (κ2) is 9.43. The van der Waals surface area contributed by atoms with E-state index >= 15 is 0 Å². The zero-order valence-electron chi connectivity index (χ0n) is 20.2. The van der Waals surface area contributed by atoms with Crippen LogP contribution in [0.1, 0.15) is 58.4 Å². The lowest BCUT2D eigenvalue weighted by molar-refractivity contribution is -0.159. The van der Waals surface area contributed by atoms with Gasteiger partial charge in [0.15, 0.2) is 0 Å². The van der Waals surface area contributed by atoms with E-state index in [4.69, 9.17) is 21.9 Å². The van der Waals surface area contributed by atoms with Gasteiger partial charge in [-0.3, -0.25) is 4.79 Å². The van der Waals surface area contributed by atoms with Crippen LogP contribution >= 0.6 is 0 Å². The van der Waals surface area contributed by atoms with Crippen molar-refractivity contribution in [2.45, 2.75) is 64.0 Å². The van der Waals surface area contributed by atoms with Gasteiger partial charge in [0.25, 0.3) is 0 Å². The van der Waals surface area contributed by atoms with E-state index in [1.807, 2.05) is 32.1 Å². The minimum absolute atomic E-state index is 0.184. The molecule has 0 aromatic heterocycles. The fourth-order valence-electron chi connectivity index (χ4n) is 6.04. The van der Waals surface area contributed by atoms with Gasteiger partial charge in [-0.15, -0.1) is 0 Å². The van der Waals surface area contributed by atoms with Crippen molar-refractivity contribution >= 4 is 11.5 Å². The Hall–Kier alpha value is -2.44. The molecule has 1 unspecified atom stereocenters. The highest BCUT2D eigenvalue weighted by Crippen LogP contribution is 2.58. The van der Waals surface area contributed by atoms with Crippen LogP contribution in [-0.2, 0) is 9.53 Å². The number of allylic oxidation sites excluding steroid dienone is 5. The number of nitrogens with two attached hydrogens (primary N) is 3. The maximum Gasteiger partial charge on any atom is 0.326 e. The Labute approximate surface area is 196 Å². The summed E-state index contributed by atoms with van der Waals surface area (Å²) >= 11 is 0. The second-order valence-corrected chi connectivity index (χ2v) is 10.2. The third kappa shape index (κ3) is 4.78. The molecule has 5 atom stereocenters. The summed E-state index contributed by atoms with van der Waals surface area (Å²) in [6.07, 6.45) is 12.0. The number of carbonyl (C=O) groups is 1. The minimum Gasteiger partial charge on any atom is -0.468 e. The molecular weight excluding hydrogens is 417 g/mol. The smallest absolute Gasteiger partial charge is 0.326 e. The molecule has 1 aromatic rings. The van der Waals surface area contributed by atoms with Crippen LogP contribution in [-0.4, -0.2) is 24.2 Å². The molecule has 6 heteroatoms. The fourth-order valence-corrected chi connectivity index (χ4v) is 6.04. The van der Waals surface area contributed by atoms with E-state index in [1.54, 1.807) is 12.1 Å². The van der Waals surface area contributed by atoms with E-state index in [-0.39, 0.29) is 17.7 Å². The number of hydrogen-bond donors (Lipinski definition) is 3. The van der Waals surface area contributed by atoms with Crippen molar-refractivity contribution in [3.05, 3.63) is 65.6 Å². The normalized spacial score (nSPS) is 35.4. The van der Waals surface area contributed by atoms with Gasteiger partial charge in [-0.25, -0.2) is 4.39 Å². The summed E-state index contributed by atoms with van der Waals surface area (Å²) in [6.45, 7) is 6.07. The Balaban J connectivity index is 1.93. The largest absolute Gasteiger partial charge is 0.468 e. The number of methoxy groups -OCH3 is 1. The summed E-state index contributed by atoms with van der Waals surface area (Å²) in [7, 11) is 1.38. The molecular formula is C27H38FN3O2. The number of hydrogen-bond acceptors (Lipinski definition) is 5. The SMILES string of the molecule is COC(=O)[C@]1(N)C[C@]2(N)CCCCC2[C@](C)(/C=C/C(N)=C/C=C(\C)c2cccc(F)c2)[C@@H]1C. The summed E-state index contributed by atoms with van der Waals surface area (Å²) in [5.41, 5.74) is 20.1. The quantitative estimate of drug-likeness (QED) is 0.450. The Morgan fingerprint density at radius 2 is 1.97 bits per heavy atom. The van der Waals surface area contributed by atoms with Crippen LogP contribution in [0.4, 0.5) is 4.39 Å². The molecule has 2 aliphatic rings. The molecule has 0 heterocycles. The highest BCUT2D eigenvalue weighted by molar-refractivity contribution is 5.81. The molecule has 33 heavy (non-hydrogen) atoms. The molecule has 0 amide bonds. The van der Waals surface area contributed by atoms with Gasteiger partial charge < -0.3 is 21.9 Å². The van der Waals surface area contributed by atoms with Gasteiger partial charge in [-0.05, 0) is 78.9 Å². The first-order valence-electron chi connectivity index (χ1n) is 11.7. The molecule has 6 N–H and O–H groups in total. The Bertz CT molecular complexity index is 987. The van der Waals surface area contributed by atoms with E-state index in [9.17, 15) is 9.18 Å². The zero-order chi connectivity index (χ0) is 24.4. The molecule has 3 rings (SSSR count). The van der Waals surface area contributed by atoms with E-state index in [0.29, 0.717) is 12.1 Å². The van der Waals surface area contributed by atoms with Crippen molar-refractivity contribution in [2.24, 2.45) is 34.5 Å². The first-order chi connectivity index (χ1) is 15.5. The molecule has 0 bridgehead atoms. The number of benzene rings is 1. The molecule has 0 aliphatic heterocycles. The average Bonchev–Trinajstić information content (AvgIpc) is 2.79. The van der Waals surface area contributed by atoms with Crippen LogP contribution in [0.25, 0.3) is 5.57 Å². The van der Waals surface area contributed by atoms with E-state index in [1.165, 1.54) is 19.2 Å². The number of halogens is 1. The molecule has 1 aromatic carbocycles. The van der Waals surface area contributed by atoms with Gasteiger partial charge in [0, 0.05) is 11.2 Å². The molecule has 180 valence electrons. The standard InChI is InChI=1S/C27H38FN3O2/c1-18(20-8-7-9-21(28)16-20)11-12-22(29)13-15-25(3)19(2)27(31,24(32)33-4)17-26(30)14-6-5-10-23(25)26/h7-9,11-13,15-16,19,23H,5-6,10,14,17,29-31H2,1-4H3/b15-13+,18-11+,22-12-/t19-,23?,25+,26+,27-/m0/s1. The summed E-state index contributed by atoms with van der Waals surface area (Å²) < 4.78 is 18.6. The van der Waals surface area contributed by atoms with Crippen molar-refractivity contribution in [2.75, 3.05) is 7.11 Å². The summed E-state index contributed by atoms with van der Waals surface area (Å²) in [5.74, 6) is -0.694. The monoisotopic (exact) mass is 455 g/mol. The Morgan fingerprint density at radius 1 is 1.24 bits per heavy atom. The third-order valence-corrected chi connectivity index (χ3v) is 8.16. The molecule has 2 aliphatic carbocycles. The highest BCUT2D eigenvalue weighted by Gasteiger charge is 2.63. The van der Waals surface area contributed by atoms with Crippen molar-refractivity contribution < 1.29 is 13.9 Å². The van der Waals surface area contributed by atoms with Crippen LogP contribution in [0.5, 0.6) is 0 Å². The van der Waals surface area contributed by atoms with E-state index < -0.39 is 22.5 Å². The van der Waals surface area contributed by atoms with Gasteiger partial charge in [0.2, 0.25) is 0 Å². The Morgan fingerprint density at radius 3 is 2.64 bits per heavy atom. The Kier molecular flexibility index (Phi) is 7.20. The van der Waals surface area contributed by atoms with Crippen LogP contribution in [0.2, 0.25) is 0 Å². The van der Waals surface area contributed by atoms with E-state index in [0.717, 1.165) is 36.8 Å². The van der Waals surface area contributed by atoms with Crippen LogP contribution in [0, 0.1) is 23.1 Å². The number of esters is 1. The molecule has 2 fully saturated rings. The van der Waals surface area contributed by atoms with Gasteiger partial charge in [-0.1, -0.05) is 51.0 Å². The minimum atomic E-state index is -1.16. The van der Waals surface area contributed by atoms with Crippen LogP contribution in [0.15, 0.2) is 54.3 Å². The van der Waals surface area contributed by atoms with Crippen molar-refractivity contribution in [3.63, 3.8) is 0 Å². The number of fused-ring (bicyclic) bond motifs is 1. The third-order valence-electron chi connectivity index (χ3n) is 8.16.